The van der Waals surface area contributed by atoms with Crippen molar-refractivity contribution < 1.29 is 4.74 Å². The van der Waals surface area contributed by atoms with Crippen LogP contribution in [0.1, 0.15) is 33.6 Å². The Kier molecular flexibility index (Phi) is 8.05. The topological polar surface area (TPSA) is 21.3 Å². The molecule has 0 aromatic heterocycles. The smallest absolute Gasteiger partial charge is 0.0672 e. The molecule has 0 atom stereocenters. The summed E-state index contributed by atoms with van der Waals surface area (Å²) in [6.45, 7) is 12.6. The fourth-order valence-electron chi connectivity index (χ4n) is 1.16. The lowest BCUT2D eigenvalue weighted by molar-refractivity contribution is 0.155. The molecule has 0 heterocycles. The van der Waals surface area contributed by atoms with E-state index in [1.807, 2.05) is 6.92 Å². The van der Waals surface area contributed by atoms with Gasteiger partial charge in [-0.2, -0.15) is 0 Å². The van der Waals surface area contributed by atoms with E-state index in [-0.39, 0.29) is 0 Å². The van der Waals surface area contributed by atoms with E-state index in [0.717, 1.165) is 18.7 Å². The average Bonchev–Trinajstić information content (AvgIpc) is 2.11. The largest absolute Gasteiger partial charge is 0.376 e. The monoisotopic (exact) mass is 185 g/mol. The molecular formula is C11H23NO. The van der Waals surface area contributed by atoms with Gasteiger partial charge >= 0.3 is 0 Å². The van der Waals surface area contributed by atoms with E-state index in [9.17, 15) is 0 Å². The minimum absolute atomic E-state index is 0.647. The van der Waals surface area contributed by atoms with Crippen molar-refractivity contribution in [3.63, 3.8) is 0 Å². The van der Waals surface area contributed by atoms with Gasteiger partial charge in [-0.05, 0) is 19.8 Å². The number of nitrogens with one attached hydrogen (secondary N) is 1. The molecule has 0 amide bonds. The third kappa shape index (κ3) is 8.00. The van der Waals surface area contributed by atoms with Crippen molar-refractivity contribution in [1.82, 2.24) is 5.32 Å². The molecule has 0 bridgehead atoms. The number of rotatable bonds is 8. The second-order valence-electron chi connectivity index (χ2n) is 3.48. The first-order valence-electron chi connectivity index (χ1n) is 5.16. The molecule has 0 aromatic carbocycles. The second kappa shape index (κ2) is 8.27. The van der Waals surface area contributed by atoms with E-state index in [0.29, 0.717) is 12.6 Å². The minimum Gasteiger partial charge on any atom is -0.376 e. The van der Waals surface area contributed by atoms with Crippen molar-refractivity contribution in [2.24, 2.45) is 0 Å². The SMILES string of the molecule is C=C(C)COCCNC(CC)CC. The molecule has 78 valence electrons. The van der Waals surface area contributed by atoms with Gasteiger partial charge in [-0.15, -0.1) is 0 Å². The van der Waals surface area contributed by atoms with Crippen LogP contribution in [0.25, 0.3) is 0 Å². The highest BCUT2D eigenvalue weighted by molar-refractivity contribution is 4.87. The molecule has 0 unspecified atom stereocenters. The molecule has 0 saturated carbocycles. The van der Waals surface area contributed by atoms with E-state index in [2.05, 4.69) is 25.7 Å². The fourth-order valence-corrected chi connectivity index (χ4v) is 1.16. The molecule has 0 aliphatic rings. The van der Waals surface area contributed by atoms with Crippen LogP contribution in [0.5, 0.6) is 0 Å². The summed E-state index contributed by atoms with van der Waals surface area (Å²) in [5, 5.41) is 3.44. The molecule has 0 aromatic rings. The predicted molar refractivity (Wildman–Crippen MR) is 58.0 cm³/mol. The lowest BCUT2D eigenvalue weighted by Crippen LogP contribution is -2.30. The van der Waals surface area contributed by atoms with Crippen LogP contribution in [0.3, 0.4) is 0 Å². The zero-order chi connectivity index (χ0) is 10.1. The van der Waals surface area contributed by atoms with Crippen molar-refractivity contribution in [2.75, 3.05) is 19.8 Å². The zero-order valence-corrected chi connectivity index (χ0v) is 9.23. The van der Waals surface area contributed by atoms with Gasteiger partial charge < -0.3 is 10.1 Å². The summed E-state index contributed by atoms with van der Waals surface area (Å²) in [6.07, 6.45) is 2.38. The van der Waals surface area contributed by atoms with Crippen molar-refractivity contribution in [1.29, 1.82) is 0 Å². The van der Waals surface area contributed by atoms with Gasteiger partial charge in [-0.1, -0.05) is 26.0 Å². The van der Waals surface area contributed by atoms with Gasteiger partial charge in [0.15, 0.2) is 0 Å². The Labute approximate surface area is 82.4 Å². The van der Waals surface area contributed by atoms with Crippen molar-refractivity contribution in [3.05, 3.63) is 12.2 Å². The molecule has 0 aliphatic heterocycles. The Hall–Kier alpha value is -0.340. The van der Waals surface area contributed by atoms with Crippen LogP contribution >= 0.6 is 0 Å². The molecule has 2 heteroatoms. The maximum absolute atomic E-state index is 5.37. The Morgan fingerprint density at radius 3 is 2.46 bits per heavy atom. The van der Waals surface area contributed by atoms with Gasteiger partial charge in [0.05, 0.1) is 13.2 Å². The van der Waals surface area contributed by atoms with E-state index in [4.69, 9.17) is 4.74 Å². The zero-order valence-electron chi connectivity index (χ0n) is 9.23. The minimum atomic E-state index is 0.647. The standard InChI is InChI=1S/C11H23NO/c1-5-11(6-2)12-7-8-13-9-10(3)4/h11-12H,3,5-9H2,1-2,4H3. The molecule has 1 N–H and O–H groups in total. The maximum atomic E-state index is 5.37. The first-order chi connectivity index (χ1) is 6.20. The van der Waals surface area contributed by atoms with Crippen LogP contribution in [0.4, 0.5) is 0 Å². The quantitative estimate of drug-likeness (QED) is 0.463. The van der Waals surface area contributed by atoms with Crippen LogP contribution in [-0.2, 0) is 4.74 Å². The average molecular weight is 185 g/mol. The molecule has 13 heavy (non-hydrogen) atoms. The van der Waals surface area contributed by atoms with E-state index in [1.54, 1.807) is 0 Å². The third-order valence-electron chi connectivity index (χ3n) is 2.01. The molecule has 0 fully saturated rings. The predicted octanol–water partition coefficient (Wildman–Crippen LogP) is 2.36. The molecular weight excluding hydrogens is 162 g/mol. The van der Waals surface area contributed by atoms with Gasteiger partial charge in [0, 0.05) is 12.6 Å². The molecule has 2 nitrogen and oxygen atoms in total. The first kappa shape index (κ1) is 12.7. The number of hydrogen-bond acceptors (Lipinski definition) is 2. The Morgan fingerprint density at radius 2 is 2.00 bits per heavy atom. The molecule has 0 aliphatic carbocycles. The van der Waals surface area contributed by atoms with Crippen LogP contribution < -0.4 is 5.32 Å². The van der Waals surface area contributed by atoms with Crippen LogP contribution in [-0.4, -0.2) is 25.8 Å². The van der Waals surface area contributed by atoms with Gasteiger partial charge in [-0.25, -0.2) is 0 Å². The molecule has 0 saturated heterocycles. The van der Waals surface area contributed by atoms with Crippen LogP contribution in [0.2, 0.25) is 0 Å². The van der Waals surface area contributed by atoms with Crippen molar-refractivity contribution >= 4 is 0 Å². The van der Waals surface area contributed by atoms with Gasteiger partial charge in [0.1, 0.15) is 0 Å². The summed E-state index contributed by atoms with van der Waals surface area (Å²) in [7, 11) is 0. The van der Waals surface area contributed by atoms with Crippen LogP contribution in [0, 0.1) is 0 Å². The van der Waals surface area contributed by atoms with Gasteiger partial charge in [0.2, 0.25) is 0 Å². The molecule has 0 spiro atoms. The second-order valence-corrected chi connectivity index (χ2v) is 3.48. The Bertz CT molecular complexity index is 130. The molecule has 0 radical (unpaired) electrons. The van der Waals surface area contributed by atoms with E-state index >= 15 is 0 Å². The van der Waals surface area contributed by atoms with Gasteiger partial charge in [0.25, 0.3) is 0 Å². The normalized spacial score (nSPS) is 10.8. The first-order valence-corrected chi connectivity index (χ1v) is 5.16. The van der Waals surface area contributed by atoms with E-state index in [1.165, 1.54) is 12.8 Å². The highest BCUT2D eigenvalue weighted by Crippen LogP contribution is 1.95. The maximum Gasteiger partial charge on any atom is 0.0672 e. The van der Waals surface area contributed by atoms with Crippen LogP contribution in [0.15, 0.2) is 12.2 Å². The van der Waals surface area contributed by atoms with E-state index < -0.39 is 0 Å². The Morgan fingerprint density at radius 1 is 1.38 bits per heavy atom. The highest BCUT2D eigenvalue weighted by Gasteiger charge is 2.00. The summed E-state index contributed by atoms with van der Waals surface area (Å²) in [5.41, 5.74) is 1.09. The Balaban J connectivity index is 3.19. The fraction of sp³-hybridized carbons (Fsp3) is 0.818. The molecule has 0 rings (SSSR count). The summed E-state index contributed by atoms with van der Waals surface area (Å²) in [5.74, 6) is 0. The van der Waals surface area contributed by atoms with Crippen molar-refractivity contribution in [2.45, 2.75) is 39.7 Å². The highest BCUT2D eigenvalue weighted by atomic mass is 16.5. The van der Waals surface area contributed by atoms with Gasteiger partial charge in [-0.3, -0.25) is 0 Å². The summed E-state index contributed by atoms with van der Waals surface area (Å²) in [4.78, 5) is 0. The lowest BCUT2D eigenvalue weighted by atomic mass is 10.2. The third-order valence-corrected chi connectivity index (χ3v) is 2.01. The van der Waals surface area contributed by atoms with Crippen molar-refractivity contribution in [3.8, 4) is 0 Å². The number of hydrogen-bond donors (Lipinski definition) is 1. The summed E-state index contributed by atoms with van der Waals surface area (Å²) in [6, 6.07) is 0.647. The summed E-state index contributed by atoms with van der Waals surface area (Å²) >= 11 is 0. The lowest BCUT2D eigenvalue weighted by Gasteiger charge is -2.14. The summed E-state index contributed by atoms with van der Waals surface area (Å²) < 4.78 is 5.37. The number of ether oxygens (including phenoxy) is 1.